The number of carboxylic acid groups (broad SMARTS) is 1. The Morgan fingerprint density at radius 1 is 1.33 bits per heavy atom. The molecule has 21 heavy (non-hydrogen) atoms. The van der Waals surface area contributed by atoms with Gasteiger partial charge in [-0.1, -0.05) is 11.6 Å². The molecule has 0 unspecified atom stereocenters. The number of halogens is 2. The molecule has 2 aromatic heterocycles. The van der Waals surface area contributed by atoms with Crippen molar-refractivity contribution >= 4 is 39.8 Å². The molecule has 0 radical (unpaired) electrons. The minimum absolute atomic E-state index is 0.0583. The summed E-state index contributed by atoms with van der Waals surface area (Å²) in [6.45, 7) is 1.95. The van der Waals surface area contributed by atoms with Crippen molar-refractivity contribution in [3.63, 3.8) is 0 Å². The van der Waals surface area contributed by atoms with Gasteiger partial charge in [-0.3, -0.25) is 0 Å². The lowest BCUT2D eigenvalue weighted by Crippen LogP contribution is -2.00. The molecule has 3 rings (SSSR count). The third-order valence-corrected chi connectivity index (χ3v) is 4.39. The number of thiophene rings is 1. The molecule has 6 heteroatoms. The largest absolute Gasteiger partial charge is 0.478 e. The van der Waals surface area contributed by atoms with Gasteiger partial charge in [0.15, 0.2) is 0 Å². The van der Waals surface area contributed by atoms with E-state index >= 15 is 0 Å². The highest BCUT2D eigenvalue weighted by molar-refractivity contribution is 7.15. The van der Waals surface area contributed by atoms with Crippen LogP contribution in [0.5, 0.6) is 0 Å². The van der Waals surface area contributed by atoms with Crippen molar-refractivity contribution in [2.24, 2.45) is 0 Å². The first-order valence-electron chi connectivity index (χ1n) is 6.05. The van der Waals surface area contributed by atoms with E-state index in [0.29, 0.717) is 11.1 Å². The van der Waals surface area contributed by atoms with Gasteiger partial charge in [-0.25, -0.2) is 14.2 Å². The summed E-state index contributed by atoms with van der Waals surface area (Å²) < 4.78 is 13.6. The van der Waals surface area contributed by atoms with E-state index in [1.165, 1.54) is 23.5 Å². The number of aromatic nitrogens is 1. The van der Waals surface area contributed by atoms with Gasteiger partial charge < -0.3 is 5.11 Å². The summed E-state index contributed by atoms with van der Waals surface area (Å²) in [5, 5.41) is 9.56. The van der Waals surface area contributed by atoms with Crippen LogP contribution in [0.3, 0.4) is 0 Å². The van der Waals surface area contributed by atoms with Crippen molar-refractivity contribution in [2.45, 2.75) is 6.92 Å². The molecule has 0 aliphatic carbocycles. The fourth-order valence-electron chi connectivity index (χ4n) is 2.10. The molecule has 1 aromatic carbocycles. The Hall–Kier alpha value is -1.98. The molecule has 0 spiro atoms. The molecule has 0 fully saturated rings. The van der Waals surface area contributed by atoms with E-state index < -0.39 is 11.8 Å². The van der Waals surface area contributed by atoms with E-state index in [-0.39, 0.29) is 16.1 Å². The van der Waals surface area contributed by atoms with Crippen molar-refractivity contribution < 1.29 is 14.3 Å². The third-order valence-electron chi connectivity index (χ3n) is 3.07. The Labute approximate surface area is 128 Å². The van der Waals surface area contributed by atoms with E-state index in [4.69, 9.17) is 11.6 Å². The normalized spacial score (nSPS) is 11.0. The van der Waals surface area contributed by atoms with Gasteiger partial charge in [-0.15, -0.1) is 11.3 Å². The fourth-order valence-corrected chi connectivity index (χ4v) is 3.09. The molecule has 0 saturated heterocycles. The predicted molar refractivity (Wildman–Crippen MR) is 81.7 cm³/mol. The number of nitrogens with zero attached hydrogens (tertiary/aromatic N) is 1. The first kappa shape index (κ1) is 14.0. The number of aromatic carboxylic acids is 1. The zero-order valence-corrected chi connectivity index (χ0v) is 12.4. The van der Waals surface area contributed by atoms with Gasteiger partial charge in [0.2, 0.25) is 0 Å². The molecule has 2 heterocycles. The Morgan fingerprint density at radius 2 is 2.10 bits per heavy atom. The van der Waals surface area contributed by atoms with Crippen LogP contribution in [0.25, 0.3) is 21.5 Å². The van der Waals surface area contributed by atoms with Crippen LogP contribution in [0.1, 0.15) is 15.2 Å². The molecule has 3 nitrogen and oxygen atoms in total. The lowest BCUT2D eigenvalue weighted by Gasteiger charge is -2.07. The van der Waals surface area contributed by atoms with Crippen LogP contribution in [0.4, 0.5) is 4.39 Å². The highest BCUT2D eigenvalue weighted by Crippen LogP contribution is 2.31. The summed E-state index contributed by atoms with van der Waals surface area (Å²) in [7, 11) is 0. The Kier molecular flexibility index (Phi) is 3.39. The number of carboxylic acids is 1. The highest BCUT2D eigenvalue weighted by atomic mass is 35.5. The Morgan fingerprint density at radius 3 is 2.71 bits per heavy atom. The van der Waals surface area contributed by atoms with Gasteiger partial charge in [-0.2, -0.15) is 0 Å². The number of hydrogen-bond donors (Lipinski definition) is 1. The average molecular weight is 322 g/mol. The van der Waals surface area contributed by atoms with Crippen LogP contribution in [-0.4, -0.2) is 16.1 Å². The molecule has 3 aromatic rings. The zero-order valence-electron chi connectivity index (χ0n) is 10.9. The van der Waals surface area contributed by atoms with Crippen molar-refractivity contribution in [3.05, 3.63) is 51.6 Å². The number of benzene rings is 1. The van der Waals surface area contributed by atoms with Crippen LogP contribution in [0.2, 0.25) is 5.02 Å². The third kappa shape index (κ3) is 2.50. The summed E-state index contributed by atoms with van der Waals surface area (Å²) in [4.78, 5) is 17.7. The van der Waals surface area contributed by atoms with Crippen molar-refractivity contribution in [2.75, 3.05) is 0 Å². The SMILES string of the molecule is Cc1ccc(-c2cc(C(=O)O)c3cc(Cl)c(F)cc3n2)s1. The first-order valence-corrected chi connectivity index (χ1v) is 7.25. The Bertz CT molecular complexity index is 875. The van der Waals surface area contributed by atoms with Gasteiger partial charge in [0, 0.05) is 16.3 Å². The molecule has 0 amide bonds. The summed E-state index contributed by atoms with van der Waals surface area (Å²) in [5.41, 5.74) is 0.848. The first-order chi connectivity index (χ1) is 9.95. The monoisotopic (exact) mass is 321 g/mol. The van der Waals surface area contributed by atoms with E-state index in [0.717, 1.165) is 15.8 Å². The van der Waals surface area contributed by atoms with E-state index in [9.17, 15) is 14.3 Å². The topological polar surface area (TPSA) is 50.2 Å². The maximum atomic E-state index is 13.6. The van der Waals surface area contributed by atoms with Crippen molar-refractivity contribution in [1.82, 2.24) is 4.98 Å². The summed E-state index contributed by atoms with van der Waals surface area (Å²) in [5.74, 6) is -1.72. The number of hydrogen-bond acceptors (Lipinski definition) is 3. The van der Waals surface area contributed by atoms with Gasteiger partial charge in [0.25, 0.3) is 0 Å². The lowest BCUT2D eigenvalue weighted by molar-refractivity contribution is 0.0699. The zero-order chi connectivity index (χ0) is 15.1. The smallest absolute Gasteiger partial charge is 0.336 e. The second-order valence-electron chi connectivity index (χ2n) is 4.55. The molecular formula is C15H9ClFNO2S. The highest BCUT2D eigenvalue weighted by Gasteiger charge is 2.16. The maximum Gasteiger partial charge on any atom is 0.336 e. The van der Waals surface area contributed by atoms with E-state index in [2.05, 4.69) is 4.98 Å². The number of rotatable bonds is 2. The summed E-state index contributed by atoms with van der Waals surface area (Å²) in [6, 6.07) is 7.74. The average Bonchev–Trinajstić information content (AvgIpc) is 2.85. The molecule has 0 aliphatic heterocycles. The van der Waals surface area contributed by atoms with Crippen LogP contribution in [0, 0.1) is 12.7 Å². The minimum atomic E-state index is -1.10. The molecule has 0 saturated carbocycles. The van der Waals surface area contributed by atoms with Crippen LogP contribution in [0.15, 0.2) is 30.3 Å². The van der Waals surface area contributed by atoms with Gasteiger partial charge in [0.05, 0.1) is 26.7 Å². The van der Waals surface area contributed by atoms with Crippen LogP contribution in [-0.2, 0) is 0 Å². The second-order valence-corrected chi connectivity index (χ2v) is 6.25. The number of aryl methyl sites for hydroxylation is 1. The number of fused-ring (bicyclic) bond motifs is 1. The molecular weight excluding hydrogens is 313 g/mol. The summed E-state index contributed by atoms with van der Waals surface area (Å²) >= 11 is 7.23. The molecule has 0 aliphatic rings. The predicted octanol–water partition coefficient (Wildman–Crippen LogP) is 4.76. The van der Waals surface area contributed by atoms with Crippen LogP contribution < -0.4 is 0 Å². The molecule has 106 valence electrons. The fraction of sp³-hybridized carbons (Fsp3) is 0.0667. The lowest BCUT2D eigenvalue weighted by atomic mass is 10.1. The number of pyridine rings is 1. The maximum absolute atomic E-state index is 13.6. The van der Waals surface area contributed by atoms with Gasteiger partial charge >= 0.3 is 5.97 Å². The van der Waals surface area contributed by atoms with E-state index in [1.807, 2.05) is 19.1 Å². The van der Waals surface area contributed by atoms with Crippen molar-refractivity contribution in [3.8, 4) is 10.6 Å². The van der Waals surface area contributed by atoms with Gasteiger partial charge in [-0.05, 0) is 31.2 Å². The van der Waals surface area contributed by atoms with Crippen molar-refractivity contribution in [1.29, 1.82) is 0 Å². The molecule has 0 bridgehead atoms. The molecule has 1 N–H and O–H groups in total. The standard InChI is InChI=1S/C15H9ClFNO2S/c1-7-2-3-14(21-7)13-5-9(15(19)20)8-4-10(16)11(17)6-12(8)18-13/h2-6H,1H3,(H,19,20). The van der Waals surface area contributed by atoms with E-state index in [1.54, 1.807) is 0 Å². The molecule has 0 atom stereocenters. The summed E-state index contributed by atoms with van der Waals surface area (Å²) in [6.07, 6.45) is 0. The van der Waals surface area contributed by atoms with Gasteiger partial charge in [0.1, 0.15) is 5.82 Å². The minimum Gasteiger partial charge on any atom is -0.478 e. The van der Waals surface area contributed by atoms with Crippen LogP contribution >= 0.6 is 22.9 Å². The second kappa shape index (κ2) is 5.09. The Balaban J connectivity index is 2.34. The quantitative estimate of drug-likeness (QED) is 0.740. The number of carbonyl (C=O) groups is 1.